The third kappa shape index (κ3) is 4.92. The topological polar surface area (TPSA) is 101 Å². The highest BCUT2D eigenvalue weighted by atomic mass is 32.2. The van der Waals surface area contributed by atoms with Gasteiger partial charge in [0.25, 0.3) is 5.91 Å². The Morgan fingerprint density at radius 3 is 2.59 bits per heavy atom. The van der Waals surface area contributed by atoms with Crippen LogP contribution in [0.15, 0.2) is 64.8 Å². The number of nitriles is 1. The molecule has 2 N–H and O–H groups in total. The zero-order valence-electron chi connectivity index (χ0n) is 19.3. The number of urea groups is 1. The van der Waals surface area contributed by atoms with Crippen LogP contribution in [0.2, 0.25) is 0 Å². The van der Waals surface area contributed by atoms with Crippen molar-refractivity contribution in [2.24, 2.45) is 4.99 Å². The zero-order valence-corrected chi connectivity index (χ0v) is 20.1. The Bertz CT molecular complexity index is 1210. The molecule has 1 atom stereocenters. The van der Waals surface area contributed by atoms with Crippen LogP contribution in [0.4, 0.5) is 16.2 Å². The van der Waals surface area contributed by atoms with Gasteiger partial charge in [-0.05, 0) is 55.3 Å². The second kappa shape index (κ2) is 10.0. The standard InChI is InChI=1S/C25H26N6O2S/c1-16-21(23(32)30(2)3)22(31-12-5-13-34-25(31)27-16)18-6-4-7-20(14-18)29-24(33)28-19-10-8-17(15-26)9-11-19/h4,6-11,14,22H,5,12-13H2,1-3H3,(H2,28,29,33). The van der Waals surface area contributed by atoms with E-state index in [1.54, 1.807) is 55.0 Å². The number of amidine groups is 1. The number of fused-ring (bicyclic) bond motifs is 1. The molecule has 2 aromatic rings. The molecule has 174 valence electrons. The number of hydrogen-bond donors (Lipinski definition) is 2. The molecule has 3 amide bonds. The second-order valence-corrected chi connectivity index (χ2v) is 9.35. The van der Waals surface area contributed by atoms with E-state index < -0.39 is 6.03 Å². The summed E-state index contributed by atoms with van der Waals surface area (Å²) in [5.74, 6) is 0.932. The first-order chi connectivity index (χ1) is 16.4. The summed E-state index contributed by atoms with van der Waals surface area (Å²) < 4.78 is 0. The third-order valence-corrected chi connectivity index (χ3v) is 6.70. The maximum absolute atomic E-state index is 13.1. The highest BCUT2D eigenvalue weighted by Gasteiger charge is 2.37. The fourth-order valence-corrected chi connectivity index (χ4v) is 5.06. The predicted octanol–water partition coefficient (Wildman–Crippen LogP) is 4.41. The van der Waals surface area contributed by atoms with Crippen LogP contribution in [-0.4, -0.2) is 53.3 Å². The molecule has 2 heterocycles. The van der Waals surface area contributed by atoms with Gasteiger partial charge in [0.05, 0.1) is 28.9 Å². The SMILES string of the molecule is CC1=C(C(=O)N(C)C)C(c2cccc(NC(=O)Nc3ccc(C#N)cc3)c2)N2CCCSC2=N1. The number of rotatable bonds is 4. The average molecular weight is 475 g/mol. The van der Waals surface area contributed by atoms with Gasteiger partial charge in [-0.3, -0.25) is 4.79 Å². The molecule has 9 heteroatoms. The fraction of sp³-hybridized carbons (Fsp3) is 0.280. The van der Waals surface area contributed by atoms with Crippen LogP contribution in [-0.2, 0) is 4.79 Å². The normalized spacial score (nSPS) is 17.3. The summed E-state index contributed by atoms with van der Waals surface area (Å²) in [5, 5.41) is 15.5. The van der Waals surface area contributed by atoms with Gasteiger partial charge in [0.15, 0.2) is 5.17 Å². The van der Waals surface area contributed by atoms with Crippen molar-refractivity contribution in [2.75, 3.05) is 37.0 Å². The van der Waals surface area contributed by atoms with Gasteiger partial charge in [-0.15, -0.1) is 0 Å². The Morgan fingerprint density at radius 1 is 1.15 bits per heavy atom. The van der Waals surface area contributed by atoms with E-state index in [0.29, 0.717) is 22.5 Å². The molecule has 34 heavy (non-hydrogen) atoms. The quantitative estimate of drug-likeness (QED) is 0.683. The number of anilines is 2. The van der Waals surface area contributed by atoms with Crippen molar-refractivity contribution in [1.29, 1.82) is 5.26 Å². The fourth-order valence-electron chi connectivity index (χ4n) is 4.04. The summed E-state index contributed by atoms with van der Waals surface area (Å²) in [6.07, 6.45) is 1.01. The van der Waals surface area contributed by atoms with Gasteiger partial charge in [0.1, 0.15) is 0 Å². The van der Waals surface area contributed by atoms with Crippen molar-refractivity contribution >= 4 is 40.2 Å². The molecule has 1 fully saturated rings. The molecule has 0 bridgehead atoms. The van der Waals surface area contributed by atoms with E-state index in [4.69, 9.17) is 10.3 Å². The van der Waals surface area contributed by atoms with Crippen molar-refractivity contribution in [3.8, 4) is 6.07 Å². The molecular formula is C25H26N6O2S. The molecule has 0 spiro atoms. The zero-order chi connectivity index (χ0) is 24.2. The number of amides is 3. The Balaban J connectivity index is 1.60. The van der Waals surface area contributed by atoms with E-state index >= 15 is 0 Å². The van der Waals surface area contributed by atoms with Crippen LogP contribution in [0.5, 0.6) is 0 Å². The minimum atomic E-state index is -0.391. The smallest absolute Gasteiger partial charge is 0.323 e. The molecule has 2 aliphatic heterocycles. The number of thioether (sulfide) groups is 1. The maximum atomic E-state index is 13.1. The van der Waals surface area contributed by atoms with E-state index in [2.05, 4.69) is 21.6 Å². The van der Waals surface area contributed by atoms with Crippen LogP contribution in [0.1, 0.15) is 30.5 Å². The van der Waals surface area contributed by atoms with Crippen molar-refractivity contribution in [1.82, 2.24) is 9.80 Å². The number of benzene rings is 2. The van der Waals surface area contributed by atoms with Crippen molar-refractivity contribution in [3.63, 3.8) is 0 Å². The van der Waals surface area contributed by atoms with Gasteiger partial charge in [-0.1, -0.05) is 23.9 Å². The lowest BCUT2D eigenvalue weighted by Crippen LogP contribution is -2.43. The minimum absolute atomic E-state index is 0.0715. The molecule has 0 aliphatic carbocycles. The Kier molecular flexibility index (Phi) is 6.89. The molecule has 8 nitrogen and oxygen atoms in total. The molecule has 2 aliphatic rings. The lowest BCUT2D eigenvalue weighted by Gasteiger charge is -2.41. The van der Waals surface area contributed by atoms with Crippen molar-refractivity contribution in [2.45, 2.75) is 19.4 Å². The number of aliphatic imine (C=N–C) groups is 1. The first-order valence-corrected chi connectivity index (χ1v) is 11.9. The number of carbonyl (C=O) groups excluding carboxylic acids is 2. The number of nitrogens with one attached hydrogen (secondary N) is 2. The lowest BCUT2D eigenvalue weighted by atomic mass is 9.93. The number of likely N-dealkylation sites (N-methyl/N-ethyl adjacent to an activating group) is 1. The van der Waals surface area contributed by atoms with Gasteiger partial charge in [0, 0.05) is 37.8 Å². The van der Waals surface area contributed by atoms with E-state index in [1.807, 2.05) is 31.2 Å². The van der Waals surface area contributed by atoms with Gasteiger partial charge in [0.2, 0.25) is 0 Å². The Hall–Kier alpha value is -3.77. The Morgan fingerprint density at radius 2 is 1.88 bits per heavy atom. The van der Waals surface area contributed by atoms with Gasteiger partial charge in [-0.2, -0.15) is 5.26 Å². The van der Waals surface area contributed by atoms with Crippen LogP contribution >= 0.6 is 11.8 Å². The van der Waals surface area contributed by atoms with Crippen molar-refractivity contribution < 1.29 is 9.59 Å². The molecule has 0 saturated carbocycles. The van der Waals surface area contributed by atoms with E-state index in [0.717, 1.165) is 35.1 Å². The van der Waals surface area contributed by atoms with Gasteiger partial charge < -0.3 is 20.4 Å². The minimum Gasteiger partial charge on any atom is -0.345 e. The summed E-state index contributed by atoms with van der Waals surface area (Å²) in [5.41, 5.74) is 4.01. The summed E-state index contributed by atoms with van der Waals surface area (Å²) in [6, 6.07) is 15.6. The van der Waals surface area contributed by atoms with E-state index in [1.165, 1.54) is 0 Å². The number of hydrogen-bond acceptors (Lipinski definition) is 6. The molecule has 0 radical (unpaired) electrons. The first-order valence-electron chi connectivity index (χ1n) is 11.0. The van der Waals surface area contributed by atoms with Crippen LogP contribution < -0.4 is 10.6 Å². The third-order valence-electron chi connectivity index (χ3n) is 5.63. The largest absolute Gasteiger partial charge is 0.345 e. The number of allylic oxidation sites excluding steroid dienone is 1. The van der Waals surface area contributed by atoms with Crippen molar-refractivity contribution in [3.05, 3.63) is 70.9 Å². The van der Waals surface area contributed by atoms with Gasteiger partial charge in [-0.25, -0.2) is 9.79 Å². The van der Waals surface area contributed by atoms with Gasteiger partial charge >= 0.3 is 6.03 Å². The van der Waals surface area contributed by atoms with Crippen LogP contribution in [0.3, 0.4) is 0 Å². The van der Waals surface area contributed by atoms with E-state index in [-0.39, 0.29) is 11.9 Å². The van der Waals surface area contributed by atoms with Crippen LogP contribution in [0, 0.1) is 11.3 Å². The molecule has 2 aromatic carbocycles. The van der Waals surface area contributed by atoms with E-state index in [9.17, 15) is 9.59 Å². The summed E-state index contributed by atoms with van der Waals surface area (Å²) in [7, 11) is 3.49. The first kappa shape index (κ1) is 23.4. The monoisotopic (exact) mass is 474 g/mol. The van der Waals surface area contributed by atoms with Crippen LogP contribution in [0.25, 0.3) is 0 Å². The summed E-state index contributed by atoms with van der Waals surface area (Å²) in [6.45, 7) is 2.70. The highest BCUT2D eigenvalue weighted by Crippen LogP contribution is 2.40. The molecule has 1 unspecified atom stereocenters. The number of carbonyl (C=O) groups is 2. The summed E-state index contributed by atoms with van der Waals surface area (Å²) in [4.78, 5) is 34.2. The molecule has 0 aromatic heterocycles. The number of nitrogens with zero attached hydrogens (tertiary/aromatic N) is 4. The molecule has 4 rings (SSSR count). The Labute approximate surface area is 203 Å². The predicted molar refractivity (Wildman–Crippen MR) is 136 cm³/mol. The molecular weight excluding hydrogens is 448 g/mol. The lowest BCUT2D eigenvalue weighted by molar-refractivity contribution is -0.125. The highest BCUT2D eigenvalue weighted by molar-refractivity contribution is 8.13. The molecule has 1 saturated heterocycles. The second-order valence-electron chi connectivity index (χ2n) is 8.28. The maximum Gasteiger partial charge on any atom is 0.323 e. The average Bonchev–Trinajstić information content (AvgIpc) is 2.83. The summed E-state index contributed by atoms with van der Waals surface area (Å²) >= 11 is 1.71.